The molecule has 0 bridgehead atoms. The van der Waals surface area contributed by atoms with E-state index in [9.17, 15) is 0 Å². The zero-order valence-corrected chi connectivity index (χ0v) is 8.35. The molecule has 74 valence electrons. The van der Waals surface area contributed by atoms with Crippen LogP contribution in [0.3, 0.4) is 0 Å². The number of nitrogens with zero attached hydrogens (tertiary/aromatic N) is 1. The fourth-order valence-corrected chi connectivity index (χ4v) is 1.43. The largest absolute Gasteiger partial charge is 0.379 e. The molecule has 13 heavy (non-hydrogen) atoms. The smallest absolute Gasteiger partial charge is 0.0794 e. The van der Waals surface area contributed by atoms with Gasteiger partial charge in [-0.15, -0.1) is 11.3 Å². The molecule has 0 saturated heterocycles. The Bertz CT molecular complexity index is 203. The van der Waals surface area contributed by atoms with E-state index in [1.54, 1.807) is 11.3 Å². The van der Waals surface area contributed by atoms with Gasteiger partial charge in [0.1, 0.15) is 0 Å². The van der Waals surface area contributed by atoms with Crippen LogP contribution in [-0.4, -0.2) is 31.3 Å². The van der Waals surface area contributed by atoms with Crippen molar-refractivity contribution in [3.05, 3.63) is 16.6 Å². The fraction of sp³-hybridized carbons (Fsp3) is 0.625. The molecule has 0 aromatic carbocycles. The Balaban J connectivity index is 1.90. The molecule has 0 saturated carbocycles. The van der Waals surface area contributed by atoms with Crippen LogP contribution >= 0.6 is 11.3 Å². The molecule has 1 aromatic rings. The predicted molar refractivity (Wildman–Crippen MR) is 53.7 cm³/mol. The molecule has 0 aliphatic carbocycles. The van der Waals surface area contributed by atoms with E-state index in [1.807, 2.05) is 11.7 Å². The van der Waals surface area contributed by atoms with Crippen molar-refractivity contribution in [3.8, 4) is 0 Å². The summed E-state index contributed by atoms with van der Waals surface area (Å²) in [5.41, 5.74) is 7.10. The normalized spacial score (nSPS) is 10.5. The number of ether oxygens (including phenoxy) is 1. The van der Waals surface area contributed by atoms with E-state index in [-0.39, 0.29) is 0 Å². The quantitative estimate of drug-likeness (QED) is 0.619. The van der Waals surface area contributed by atoms with E-state index in [4.69, 9.17) is 10.5 Å². The maximum absolute atomic E-state index is 5.27. The summed E-state index contributed by atoms with van der Waals surface area (Å²) in [4.78, 5) is 5.23. The number of rotatable bonds is 7. The maximum atomic E-state index is 5.27. The van der Waals surface area contributed by atoms with Gasteiger partial charge in [0.15, 0.2) is 0 Å². The van der Waals surface area contributed by atoms with Gasteiger partial charge in [0, 0.05) is 30.7 Å². The Morgan fingerprint density at radius 1 is 1.54 bits per heavy atom. The summed E-state index contributed by atoms with van der Waals surface area (Å²) in [6, 6.07) is 0. The van der Waals surface area contributed by atoms with Crippen LogP contribution in [0.2, 0.25) is 0 Å². The Labute approximate surface area is 82.1 Å². The predicted octanol–water partition coefficient (Wildman–Crippen LogP) is 0.208. The average molecular weight is 201 g/mol. The highest BCUT2D eigenvalue weighted by molar-refractivity contribution is 7.09. The monoisotopic (exact) mass is 201 g/mol. The zero-order valence-electron chi connectivity index (χ0n) is 7.53. The molecule has 0 atom stereocenters. The van der Waals surface area contributed by atoms with Crippen molar-refractivity contribution in [2.24, 2.45) is 5.73 Å². The first-order valence-electron chi connectivity index (χ1n) is 4.29. The minimum Gasteiger partial charge on any atom is -0.379 e. The highest BCUT2D eigenvalue weighted by Crippen LogP contribution is 2.03. The highest BCUT2D eigenvalue weighted by atomic mass is 32.1. The molecule has 4 nitrogen and oxygen atoms in total. The SMILES string of the molecule is NCCOCCNCc1cncs1. The van der Waals surface area contributed by atoms with Crippen LogP contribution in [0.15, 0.2) is 11.7 Å². The minimum absolute atomic E-state index is 0.592. The van der Waals surface area contributed by atoms with Gasteiger partial charge < -0.3 is 15.8 Å². The second-order valence-corrected chi connectivity index (χ2v) is 3.52. The second-order valence-electron chi connectivity index (χ2n) is 2.55. The lowest BCUT2D eigenvalue weighted by molar-refractivity contribution is 0.143. The molecule has 1 rings (SSSR count). The van der Waals surface area contributed by atoms with E-state index >= 15 is 0 Å². The summed E-state index contributed by atoms with van der Waals surface area (Å²) >= 11 is 1.66. The number of hydrogen-bond acceptors (Lipinski definition) is 5. The number of nitrogens with one attached hydrogen (secondary N) is 1. The highest BCUT2D eigenvalue weighted by Gasteiger charge is 1.92. The molecule has 1 heterocycles. The van der Waals surface area contributed by atoms with Crippen LogP contribution in [0.25, 0.3) is 0 Å². The van der Waals surface area contributed by atoms with Gasteiger partial charge in [0.05, 0.1) is 18.7 Å². The van der Waals surface area contributed by atoms with E-state index in [2.05, 4.69) is 10.3 Å². The molecule has 0 aliphatic rings. The average Bonchev–Trinajstić information content (AvgIpc) is 2.63. The van der Waals surface area contributed by atoms with Crippen molar-refractivity contribution in [1.29, 1.82) is 0 Å². The Kier molecular flexibility index (Phi) is 5.67. The summed E-state index contributed by atoms with van der Waals surface area (Å²) in [6.45, 7) is 3.68. The molecule has 0 fully saturated rings. The van der Waals surface area contributed by atoms with E-state index in [1.165, 1.54) is 4.88 Å². The van der Waals surface area contributed by atoms with Crippen LogP contribution in [0.1, 0.15) is 4.88 Å². The first-order valence-corrected chi connectivity index (χ1v) is 5.17. The minimum atomic E-state index is 0.592. The molecule has 3 N–H and O–H groups in total. The summed E-state index contributed by atoms with van der Waals surface area (Å²) in [5, 5.41) is 3.25. The van der Waals surface area contributed by atoms with Gasteiger partial charge in [0.2, 0.25) is 0 Å². The van der Waals surface area contributed by atoms with Crippen molar-refractivity contribution in [1.82, 2.24) is 10.3 Å². The van der Waals surface area contributed by atoms with Crippen LogP contribution in [0, 0.1) is 0 Å². The maximum Gasteiger partial charge on any atom is 0.0794 e. The molecule has 0 spiro atoms. The zero-order chi connectivity index (χ0) is 9.36. The van der Waals surface area contributed by atoms with Gasteiger partial charge in [-0.05, 0) is 0 Å². The Morgan fingerprint density at radius 3 is 3.15 bits per heavy atom. The van der Waals surface area contributed by atoms with Gasteiger partial charge in [-0.25, -0.2) is 0 Å². The number of thiazole rings is 1. The third-order valence-electron chi connectivity index (χ3n) is 1.47. The van der Waals surface area contributed by atoms with Gasteiger partial charge in [0.25, 0.3) is 0 Å². The summed E-state index contributed by atoms with van der Waals surface area (Å²) in [5.74, 6) is 0. The second kappa shape index (κ2) is 6.97. The lowest BCUT2D eigenvalue weighted by atomic mass is 10.5. The van der Waals surface area contributed by atoms with Crippen LogP contribution in [-0.2, 0) is 11.3 Å². The third kappa shape index (κ3) is 4.94. The molecule has 0 amide bonds. The Morgan fingerprint density at radius 2 is 2.46 bits per heavy atom. The van der Waals surface area contributed by atoms with Crippen LogP contribution in [0.5, 0.6) is 0 Å². The van der Waals surface area contributed by atoms with Crippen molar-refractivity contribution in [2.45, 2.75) is 6.54 Å². The van der Waals surface area contributed by atoms with Gasteiger partial charge in [-0.1, -0.05) is 0 Å². The molecular weight excluding hydrogens is 186 g/mol. The summed E-state index contributed by atoms with van der Waals surface area (Å²) in [6.07, 6.45) is 1.87. The van der Waals surface area contributed by atoms with Crippen LogP contribution in [0.4, 0.5) is 0 Å². The first-order chi connectivity index (χ1) is 6.43. The van der Waals surface area contributed by atoms with E-state index in [0.717, 1.165) is 19.7 Å². The molecule has 5 heteroatoms. The standard InChI is InChI=1S/C8H15N3OS/c9-1-3-12-4-2-10-5-8-6-11-7-13-8/h6-7,10H,1-5,9H2. The first kappa shape index (κ1) is 10.6. The summed E-state index contributed by atoms with van der Waals surface area (Å²) in [7, 11) is 0. The lowest BCUT2D eigenvalue weighted by Gasteiger charge is -2.03. The molecule has 0 radical (unpaired) electrons. The van der Waals surface area contributed by atoms with Crippen LogP contribution < -0.4 is 11.1 Å². The number of hydrogen-bond donors (Lipinski definition) is 2. The van der Waals surface area contributed by atoms with Crippen molar-refractivity contribution in [2.75, 3.05) is 26.3 Å². The van der Waals surface area contributed by atoms with E-state index in [0.29, 0.717) is 13.2 Å². The molecule has 0 aliphatic heterocycles. The lowest BCUT2D eigenvalue weighted by Crippen LogP contribution is -2.20. The Hall–Kier alpha value is -0.490. The molecular formula is C8H15N3OS. The molecule has 1 aromatic heterocycles. The third-order valence-corrected chi connectivity index (χ3v) is 2.25. The van der Waals surface area contributed by atoms with Gasteiger partial charge >= 0.3 is 0 Å². The topological polar surface area (TPSA) is 60.2 Å². The fourth-order valence-electron chi connectivity index (χ4n) is 0.871. The van der Waals surface area contributed by atoms with Crippen molar-refractivity contribution >= 4 is 11.3 Å². The number of nitrogens with two attached hydrogens (primary N) is 1. The van der Waals surface area contributed by atoms with Crippen molar-refractivity contribution in [3.63, 3.8) is 0 Å². The van der Waals surface area contributed by atoms with Gasteiger partial charge in [-0.2, -0.15) is 0 Å². The van der Waals surface area contributed by atoms with Crippen molar-refractivity contribution < 1.29 is 4.74 Å². The molecule has 0 unspecified atom stereocenters. The van der Waals surface area contributed by atoms with E-state index < -0.39 is 0 Å². The number of aromatic nitrogens is 1. The summed E-state index contributed by atoms with van der Waals surface area (Å²) < 4.78 is 5.20. The van der Waals surface area contributed by atoms with Gasteiger partial charge in [-0.3, -0.25) is 4.98 Å².